The average Bonchev–Trinajstić information content (AvgIpc) is 2.61. The lowest BCUT2D eigenvalue weighted by Crippen LogP contribution is -2.11. The summed E-state index contributed by atoms with van der Waals surface area (Å²) in [7, 11) is 1.54. The molecule has 5 nitrogen and oxygen atoms in total. The highest BCUT2D eigenvalue weighted by Crippen LogP contribution is 2.23. The SMILES string of the molecule is CCC(C)Oc1ccccc1/C=C/C(=O)Nc1cnccc1OC. The Labute approximate surface area is 142 Å². The molecule has 1 amide bonds. The molecule has 2 rings (SSSR count). The van der Waals surface area contributed by atoms with Crippen LogP contribution in [-0.2, 0) is 4.79 Å². The highest BCUT2D eigenvalue weighted by Gasteiger charge is 2.07. The predicted molar refractivity (Wildman–Crippen MR) is 95.3 cm³/mol. The summed E-state index contributed by atoms with van der Waals surface area (Å²) in [6, 6.07) is 9.31. The van der Waals surface area contributed by atoms with Crippen molar-refractivity contribution in [2.24, 2.45) is 0 Å². The topological polar surface area (TPSA) is 60.5 Å². The Morgan fingerprint density at radius 1 is 1.29 bits per heavy atom. The number of carbonyl (C=O) groups is 1. The van der Waals surface area contributed by atoms with Crippen LogP contribution in [0.4, 0.5) is 5.69 Å². The number of nitrogens with zero attached hydrogens (tertiary/aromatic N) is 1. The van der Waals surface area contributed by atoms with Gasteiger partial charge < -0.3 is 14.8 Å². The predicted octanol–water partition coefficient (Wildman–Crippen LogP) is 3.92. The quantitative estimate of drug-likeness (QED) is 0.784. The van der Waals surface area contributed by atoms with Crippen molar-refractivity contribution >= 4 is 17.7 Å². The van der Waals surface area contributed by atoms with Crippen LogP contribution >= 0.6 is 0 Å². The van der Waals surface area contributed by atoms with E-state index in [0.29, 0.717) is 11.4 Å². The van der Waals surface area contributed by atoms with Crippen LogP contribution in [0, 0.1) is 0 Å². The minimum Gasteiger partial charge on any atom is -0.494 e. The average molecular weight is 326 g/mol. The fourth-order valence-corrected chi connectivity index (χ4v) is 2.02. The summed E-state index contributed by atoms with van der Waals surface area (Å²) in [5.74, 6) is 1.06. The van der Waals surface area contributed by atoms with Gasteiger partial charge in [-0.1, -0.05) is 25.1 Å². The van der Waals surface area contributed by atoms with Crippen molar-refractivity contribution in [2.75, 3.05) is 12.4 Å². The van der Waals surface area contributed by atoms with Crippen molar-refractivity contribution in [3.8, 4) is 11.5 Å². The number of para-hydroxylation sites is 1. The summed E-state index contributed by atoms with van der Waals surface area (Å²) in [6.45, 7) is 4.08. The standard InChI is InChI=1S/C19H22N2O3/c1-4-14(2)24-17-8-6-5-7-15(17)9-10-19(22)21-16-13-20-12-11-18(16)23-3/h5-14H,4H2,1-3H3,(H,21,22)/b10-9+. The number of benzene rings is 1. The Morgan fingerprint density at radius 3 is 2.83 bits per heavy atom. The number of aromatic nitrogens is 1. The monoisotopic (exact) mass is 326 g/mol. The van der Waals surface area contributed by atoms with Crippen LogP contribution in [0.25, 0.3) is 6.08 Å². The van der Waals surface area contributed by atoms with Crippen LogP contribution in [0.5, 0.6) is 11.5 Å². The number of carbonyl (C=O) groups excluding carboxylic acids is 1. The lowest BCUT2D eigenvalue weighted by atomic mass is 10.2. The van der Waals surface area contributed by atoms with Crippen LogP contribution < -0.4 is 14.8 Å². The number of nitrogens with one attached hydrogen (secondary N) is 1. The van der Waals surface area contributed by atoms with Gasteiger partial charge in [0, 0.05) is 23.9 Å². The third kappa shape index (κ3) is 4.84. The number of ether oxygens (including phenoxy) is 2. The van der Waals surface area contributed by atoms with E-state index in [1.165, 1.54) is 6.08 Å². The molecule has 0 saturated carbocycles. The lowest BCUT2D eigenvalue weighted by molar-refractivity contribution is -0.111. The molecule has 1 heterocycles. The third-order valence-electron chi connectivity index (χ3n) is 3.50. The molecular weight excluding hydrogens is 304 g/mol. The van der Waals surface area contributed by atoms with Gasteiger partial charge in [-0.05, 0) is 25.5 Å². The number of pyridine rings is 1. The summed E-state index contributed by atoms with van der Waals surface area (Å²) >= 11 is 0. The number of amides is 1. The van der Waals surface area contributed by atoms with E-state index in [-0.39, 0.29) is 12.0 Å². The van der Waals surface area contributed by atoms with Crippen molar-refractivity contribution in [3.05, 3.63) is 54.4 Å². The maximum Gasteiger partial charge on any atom is 0.248 e. The maximum atomic E-state index is 12.1. The second kappa shape index (κ2) is 8.72. The van der Waals surface area contributed by atoms with Crippen LogP contribution in [-0.4, -0.2) is 24.1 Å². The van der Waals surface area contributed by atoms with Crippen LogP contribution in [0.15, 0.2) is 48.8 Å². The third-order valence-corrected chi connectivity index (χ3v) is 3.50. The Balaban J connectivity index is 2.09. The summed E-state index contributed by atoms with van der Waals surface area (Å²) in [4.78, 5) is 16.1. The first-order valence-corrected chi connectivity index (χ1v) is 7.86. The molecule has 1 unspecified atom stereocenters. The van der Waals surface area contributed by atoms with E-state index in [2.05, 4.69) is 17.2 Å². The molecule has 2 aromatic rings. The zero-order valence-corrected chi connectivity index (χ0v) is 14.2. The molecular formula is C19H22N2O3. The van der Waals surface area contributed by atoms with E-state index < -0.39 is 0 Å². The van der Waals surface area contributed by atoms with Gasteiger partial charge in [0.25, 0.3) is 0 Å². The molecule has 0 radical (unpaired) electrons. The molecule has 1 atom stereocenters. The molecule has 0 bridgehead atoms. The van der Waals surface area contributed by atoms with Gasteiger partial charge in [-0.25, -0.2) is 0 Å². The first-order valence-electron chi connectivity index (χ1n) is 7.86. The Kier molecular flexibility index (Phi) is 6.37. The van der Waals surface area contributed by atoms with Crippen molar-refractivity contribution in [2.45, 2.75) is 26.4 Å². The molecule has 0 aliphatic carbocycles. The Morgan fingerprint density at radius 2 is 2.08 bits per heavy atom. The molecule has 0 saturated heterocycles. The minimum absolute atomic E-state index is 0.119. The number of rotatable bonds is 7. The zero-order chi connectivity index (χ0) is 17.4. The van der Waals surface area contributed by atoms with E-state index >= 15 is 0 Å². The Hall–Kier alpha value is -2.82. The smallest absolute Gasteiger partial charge is 0.248 e. The largest absolute Gasteiger partial charge is 0.494 e. The summed E-state index contributed by atoms with van der Waals surface area (Å²) < 4.78 is 11.1. The molecule has 0 aliphatic heterocycles. The van der Waals surface area contributed by atoms with Gasteiger partial charge in [-0.3, -0.25) is 9.78 Å². The highest BCUT2D eigenvalue weighted by atomic mass is 16.5. The van der Waals surface area contributed by atoms with Crippen molar-refractivity contribution in [3.63, 3.8) is 0 Å². The first-order chi connectivity index (χ1) is 11.6. The van der Waals surface area contributed by atoms with Gasteiger partial charge in [0.1, 0.15) is 17.2 Å². The van der Waals surface area contributed by atoms with Crippen molar-refractivity contribution < 1.29 is 14.3 Å². The van der Waals surface area contributed by atoms with E-state index in [1.807, 2.05) is 31.2 Å². The molecule has 126 valence electrons. The maximum absolute atomic E-state index is 12.1. The molecule has 0 spiro atoms. The van der Waals surface area contributed by atoms with Crippen LogP contribution in [0.1, 0.15) is 25.8 Å². The summed E-state index contributed by atoms with van der Waals surface area (Å²) in [6.07, 6.45) is 7.38. The van der Waals surface area contributed by atoms with Gasteiger partial charge in [-0.2, -0.15) is 0 Å². The molecule has 5 heteroatoms. The van der Waals surface area contributed by atoms with Gasteiger partial charge in [0.2, 0.25) is 5.91 Å². The van der Waals surface area contributed by atoms with E-state index in [4.69, 9.17) is 9.47 Å². The van der Waals surface area contributed by atoms with Gasteiger partial charge in [0.15, 0.2) is 0 Å². The number of hydrogen-bond acceptors (Lipinski definition) is 4. The molecule has 24 heavy (non-hydrogen) atoms. The first kappa shape index (κ1) is 17.5. The fourth-order valence-electron chi connectivity index (χ4n) is 2.02. The van der Waals surface area contributed by atoms with Gasteiger partial charge in [-0.15, -0.1) is 0 Å². The zero-order valence-electron chi connectivity index (χ0n) is 14.2. The Bertz CT molecular complexity index is 713. The van der Waals surface area contributed by atoms with Crippen LogP contribution in [0.3, 0.4) is 0 Å². The van der Waals surface area contributed by atoms with Crippen molar-refractivity contribution in [1.82, 2.24) is 4.98 Å². The van der Waals surface area contributed by atoms with Gasteiger partial charge >= 0.3 is 0 Å². The molecule has 0 fully saturated rings. The number of anilines is 1. The second-order valence-corrected chi connectivity index (χ2v) is 5.27. The highest BCUT2D eigenvalue weighted by molar-refractivity contribution is 6.02. The van der Waals surface area contributed by atoms with E-state index in [1.54, 1.807) is 31.6 Å². The lowest BCUT2D eigenvalue weighted by Gasteiger charge is -2.14. The molecule has 1 aromatic carbocycles. The minimum atomic E-state index is -0.264. The molecule has 0 aliphatic rings. The van der Waals surface area contributed by atoms with E-state index in [0.717, 1.165) is 17.7 Å². The van der Waals surface area contributed by atoms with E-state index in [9.17, 15) is 4.79 Å². The normalized spacial score (nSPS) is 12.0. The second-order valence-electron chi connectivity index (χ2n) is 5.27. The fraction of sp³-hybridized carbons (Fsp3) is 0.263. The molecule has 1 N–H and O–H groups in total. The summed E-state index contributed by atoms with van der Waals surface area (Å²) in [5.41, 5.74) is 1.38. The van der Waals surface area contributed by atoms with Crippen LogP contribution in [0.2, 0.25) is 0 Å². The molecule has 1 aromatic heterocycles. The van der Waals surface area contributed by atoms with Gasteiger partial charge in [0.05, 0.1) is 19.4 Å². The van der Waals surface area contributed by atoms with Crippen molar-refractivity contribution in [1.29, 1.82) is 0 Å². The number of hydrogen-bond donors (Lipinski definition) is 1. The number of methoxy groups -OCH3 is 1. The summed E-state index contributed by atoms with van der Waals surface area (Å²) in [5, 5.41) is 2.75.